The molecular formula is C10H11N3OS. The molecule has 78 valence electrons. The van der Waals surface area contributed by atoms with Gasteiger partial charge in [-0.2, -0.15) is 0 Å². The molecule has 1 amide bonds. The van der Waals surface area contributed by atoms with Gasteiger partial charge in [-0.1, -0.05) is 11.3 Å². The van der Waals surface area contributed by atoms with Crippen LogP contribution in [0.1, 0.15) is 10.4 Å². The van der Waals surface area contributed by atoms with E-state index < -0.39 is 0 Å². The van der Waals surface area contributed by atoms with Gasteiger partial charge >= 0.3 is 0 Å². The fraction of sp³-hybridized carbons (Fsp3) is 0.200. The first-order chi connectivity index (χ1) is 7.08. The van der Waals surface area contributed by atoms with Gasteiger partial charge in [0.1, 0.15) is 0 Å². The number of fused-ring (bicyclic) bond motifs is 1. The summed E-state index contributed by atoms with van der Waals surface area (Å²) >= 11 is 1.39. The molecule has 0 unspecified atom stereocenters. The highest BCUT2D eigenvalue weighted by Crippen LogP contribution is 2.24. The van der Waals surface area contributed by atoms with Crippen LogP contribution in [0.3, 0.4) is 0 Å². The third-order valence-electron chi connectivity index (χ3n) is 2.06. The lowest BCUT2D eigenvalue weighted by atomic mass is 10.2. The number of aromatic nitrogens is 1. The fourth-order valence-corrected chi connectivity index (χ4v) is 2.11. The molecule has 5 heteroatoms. The number of rotatable bonds is 1. The molecule has 15 heavy (non-hydrogen) atoms. The van der Waals surface area contributed by atoms with Crippen LogP contribution in [-0.4, -0.2) is 29.9 Å². The van der Waals surface area contributed by atoms with E-state index >= 15 is 0 Å². The Hall–Kier alpha value is -1.62. The van der Waals surface area contributed by atoms with Crippen LogP contribution in [0.2, 0.25) is 0 Å². The quantitative estimate of drug-likeness (QED) is 0.795. The van der Waals surface area contributed by atoms with Gasteiger partial charge < -0.3 is 10.6 Å². The van der Waals surface area contributed by atoms with Gasteiger partial charge in [-0.3, -0.25) is 4.79 Å². The number of nitrogens with zero attached hydrogens (tertiary/aromatic N) is 2. The molecule has 2 N–H and O–H groups in total. The maximum atomic E-state index is 11.7. The van der Waals surface area contributed by atoms with Crippen molar-refractivity contribution in [3.8, 4) is 0 Å². The average Bonchev–Trinajstić information content (AvgIpc) is 2.55. The van der Waals surface area contributed by atoms with Crippen LogP contribution < -0.4 is 5.73 Å². The predicted molar refractivity (Wildman–Crippen MR) is 62.0 cm³/mol. The minimum Gasteiger partial charge on any atom is -0.375 e. The third kappa shape index (κ3) is 1.78. The number of hydrogen-bond donors (Lipinski definition) is 1. The Morgan fingerprint density at radius 1 is 1.47 bits per heavy atom. The molecule has 0 aliphatic carbocycles. The largest absolute Gasteiger partial charge is 0.375 e. The zero-order valence-corrected chi connectivity index (χ0v) is 9.34. The highest BCUT2D eigenvalue weighted by molar-refractivity contribution is 7.22. The Morgan fingerprint density at radius 2 is 2.20 bits per heavy atom. The minimum absolute atomic E-state index is 0.0103. The fourth-order valence-electron chi connectivity index (χ4n) is 1.33. The van der Waals surface area contributed by atoms with Gasteiger partial charge in [0.2, 0.25) is 0 Å². The molecule has 0 aliphatic heterocycles. The van der Waals surface area contributed by atoms with Crippen LogP contribution in [0.25, 0.3) is 10.2 Å². The lowest BCUT2D eigenvalue weighted by molar-refractivity contribution is 0.0828. The number of amides is 1. The van der Waals surface area contributed by atoms with Gasteiger partial charge in [-0.05, 0) is 18.2 Å². The molecule has 1 aromatic carbocycles. The monoisotopic (exact) mass is 221 g/mol. The Morgan fingerprint density at radius 3 is 2.87 bits per heavy atom. The number of carbonyl (C=O) groups is 1. The van der Waals surface area contributed by atoms with E-state index in [0.29, 0.717) is 10.7 Å². The molecule has 0 radical (unpaired) electrons. The molecule has 0 bridgehead atoms. The molecule has 0 saturated carbocycles. The standard InChI is InChI=1S/C10H11N3OS/c1-13(2)9(14)6-3-4-7-8(5-6)15-10(11)12-7/h3-5H,1-2H3,(H2,11,12). The molecule has 0 fully saturated rings. The molecule has 2 rings (SSSR count). The highest BCUT2D eigenvalue weighted by Gasteiger charge is 2.09. The molecule has 1 heterocycles. The summed E-state index contributed by atoms with van der Waals surface area (Å²) in [6.07, 6.45) is 0. The van der Waals surface area contributed by atoms with E-state index in [1.54, 1.807) is 25.1 Å². The molecule has 4 nitrogen and oxygen atoms in total. The van der Waals surface area contributed by atoms with Gasteiger partial charge in [0, 0.05) is 19.7 Å². The van der Waals surface area contributed by atoms with Crippen LogP contribution in [0, 0.1) is 0 Å². The number of anilines is 1. The topological polar surface area (TPSA) is 59.2 Å². The lowest BCUT2D eigenvalue weighted by Crippen LogP contribution is -2.21. The molecule has 0 saturated heterocycles. The Labute approximate surface area is 91.3 Å². The second-order valence-electron chi connectivity index (χ2n) is 3.43. The van der Waals surface area contributed by atoms with Crippen molar-refractivity contribution in [2.45, 2.75) is 0 Å². The van der Waals surface area contributed by atoms with Crippen molar-refractivity contribution in [3.63, 3.8) is 0 Å². The van der Waals surface area contributed by atoms with E-state index in [1.807, 2.05) is 12.1 Å². The van der Waals surface area contributed by atoms with E-state index in [4.69, 9.17) is 5.73 Å². The van der Waals surface area contributed by atoms with E-state index in [0.717, 1.165) is 10.2 Å². The lowest BCUT2D eigenvalue weighted by Gasteiger charge is -2.09. The number of nitrogen functional groups attached to an aromatic ring is 1. The second-order valence-corrected chi connectivity index (χ2v) is 4.50. The van der Waals surface area contributed by atoms with Crippen LogP contribution in [0.5, 0.6) is 0 Å². The van der Waals surface area contributed by atoms with Crippen LogP contribution >= 0.6 is 11.3 Å². The number of hydrogen-bond acceptors (Lipinski definition) is 4. The first kappa shape index (κ1) is 9.92. The zero-order valence-electron chi connectivity index (χ0n) is 8.52. The van der Waals surface area contributed by atoms with Crippen molar-refractivity contribution in [2.24, 2.45) is 0 Å². The van der Waals surface area contributed by atoms with Crippen molar-refractivity contribution >= 4 is 32.6 Å². The Bertz CT molecular complexity index is 518. The summed E-state index contributed by atoms with van der Waals surface area (Å²) in [6.45, 7) is 0. The van der Waals surface area contributed by atoms with E-state index in [2.05, 4.69) is 4.98 Å². The number of carbonyl (C=O) groups excluding carboxylic acids is 1. The maximum absolute atomic E-state index is 11.7. The van der Waals surface area contributed by atoms with E-state index in [-0.39, 0.29) is 5.91 Å². The maximum Gasteiger partial charge on any atom is 0.253 e. The zero-order chi connectivity index (χ0) is 11.0. The first-order valence-corrected chi connectivity index (χ1v) is 5.27. The van der Waals surface area contributed by atoms with Gasteiger partial charge in [0.05, 0.1) is 10.2 Å². The first-order valence-electron chi connectivity index (χ1n) is 4.45. The van der Waals surface area contributed by atoms with Crippen LogP contribution in [0.15, 0.2) is 18.2 Å². The number of nitrogens with two attached hydrogens (primary N) is 1. The van der Waals surface area contributed by atoms with Crippen molar-refractivity contribution in [1.82, 2.24) is 9.88 Å². The smallest absolute Gasteiger partial charge is 0.253 e. The molecular weight excluding hydrogens is 210 g/mol. The Kier molecular flexibility index (Phi) is 2.32. The average molecular weight is 221 g/mol. The molecule has 0 atom stereocenters. The molecule has 1 aromatic heterocycles. The number of benzene rings is 1. The third-order valence-corrected chi connectivity index (χ3v) is 2.91. The van der Waals surface area contributed by atoms with E-state index in [1.165, 1.54) is 11.3 Å². The van der Waals surface area contributed by atoms with Crippen molar-refractivity contribution < 1.29 is 4.79 Å². The van der Waals surface area contributed by atoms with Gasteiger partial charge in [0.25, 0.3) is 5.91 Å². The minimum atomic E-state index is -0.0103. The van der Waals surface area contributed by atoms with Gasteiger partial charge in [-0.15, -0.1) is 0 Å². The summed E-state index contributed by atoms with van der Waals surface area (Å²) in [5.74, 6) is -0.0103. The summed E-state index contributed by atoms with van der Waals surface area (Å²) in [4.78, 5) is 17.4. The summed E-state index contributed by atoms with van der Waals surface area (Å²) < 4.78 is 0.945. The van der Waals surface area contributed by atoms with Crippen molar-refractivity contribution in [1.29, 1.82) is 0 Å². The normalized spacial score (nSPS) is 10.5. The molecule has 0 spiro atoms. The summed E-state index contributed by atoms with van der Waals surface area (Å²) in [5, 5.41) is 0.527. The summed E-state index contributed by atoms with van der Waals surface area (Å²) in [6, 6.07) is 5.41. The molecule has 0 aliphatic rings. The predicted octanol–water partition coefficient (Wildman–Crippen LogP) is 1.58. The van der Waals surface area contributed by atoms with Crippen molar-refractivity contribution in [2.75, 3.05) is 19.8 Å². The Balaban J connectivity index is 2.51. The second kappa shape index (κ2) is 3.51. The summed E-state index contributed by atoms with van der Waals surface area (Å²) in [7, 11) is 3.46. The summed E-state index contributed by atoms with van der Waals surface area (Å²) in [5.41, 5.74) is 7.09. The van der Waals surface area contributed by atoms with Gasteiger partial charge in [0.15, 0.2) is 5.13 Å². The molecule has 2 aromatic rings. The SMILES string of the molecule is CN(C)C(=O)c1ccc2nc(N)sc2c1. The highest BCUT2D eigenvalue weighted by atomic mass is 32.1. The van der Waals surface area contributed by atoms with Gasteiger partial charge in [-0.25, -0.2) is 4.98 Å². The van der Waals surface area contributed by atoms with Crippen LogP contribution in [0.4, 0.5) is 5.13 Å². The van der Waals surface area contributed by atoms with E-state index in [9.17, 15) is 4.79 Å². The van der Waals surface area contributed by atoms with Crippen molar-refractivity contribution in [3.05, 3.63) is 23.8 Å². The van der Waals surface area contributed by atoms with Crippen LogP contribution in [-0.2, 0) is 0 Å². The number of thiazole rings is 1.